The molecule has 17 heavy (non-hydrogen) atoms. The zero-order valence-corrected chi connectivity index (χ0v) is 11.0. The molecule has 2 atom stereocenters. The third-order valence-corrected chi connectivity index (χ3v) is 3.01. The van der Waals surface area contributed by atoms with E-state index in [0.717, 1.165) is 6.42 Å². The number of hydrogen-bond donors (Lipinski definition) is 0. The van der Waals surface area contributed by atoms with Crippen molar-refractivity contribution in [1.82, 2.24) is 0 Å². The molecule has 1 saturated carbocycles. The van der Waals surface area contributed by atoms with Crippen LogP contribution in [0.15, 0.2) is 24.3 Å². The van der Waals surface area contributed by atoms with E-state index in [1.54, 1.807) is 0 Å². The van der Waals surface area contributed by atoms with Gasteiger partial charge >= 0.3 is 5.97 Å². The molecular formula is C15H20O2. The summed E-state index contributed by atoms with van der Waals surface area (Å²) in [5.41, 5.74) is 2.13. The average Bonchev–Trinajstić information content (AvgIpc) is 2.96. The van der Waals surface area contributed by atoms with E-state index in [4.69, 9.17) is 4.74 Å². The molecule has 1 fully saturated rings. The first-order valence-corrected chi connectivity index (χ1v) is 6.16. The molecule has 0 bridgehead atoms. The molecule has 0 saturated heterocycles. The molecule has 0 aliphatic heterocycles. The Bertz CT molecular complexity index is 412. The quantitative estimate of drug-likeness (QED) is 0.730. The second-order valence-electron chi connectivity index (χ2n) is 5.89. The van der Waals surface area contributed by atoms with Gasteiger partial charge in [0.2, 0.25) is 0 Å². The van der Waals surface area contributed by atoms with Gasteiger partial charge in [-0.2, -0.15) is 0 Å². The van der Waals surface area contributed by atoms with E-state index >= 15 is 0 Å². The molecular weight excluding hydrogens is 212 g/mol. The van der Waals surface area contributed by atoms with Gasteiger partial charge in [-0.1, -0.05) is 29.8 Å². The van der Waals surface area contributed by atoms with Crippen LogP contribution in [-0.4, -0.2) is 11.6 Å². The van der Waals surface area contributed by atoms with Crippen molar-refractivity contribution < 1.29 is 9.53 Å². The van der Waals surface area contributed by atoms with Crippen LogP contribution in [0.5, 0.6) is 0 Å². The Morgan fingerprint density at radius 2 is 1.82 bits per heavy atom. The largest absolute Gasteiger partial charge is 0.460 e. The number of rotatable bonds is 2. The highest BCUT2D eigenvalue weighted by Gasteiger charge is 2.46. The maximum atomic E-state index is 11.8. The van der Waals surface area contributed by atoms with Crippen LogP contribution in [0.2, 0.25) is 0 Å². The fraction of sp³-hybridized carbons (Fsp3) is 0.533. The van der Waals surface area contributed by atoms with Gasteiger partial charge in [0.15, 0.2) is 0 Å². The third-order valence-electron chi connectivity index (χ3n) is 3.01. The van der Waals surface area contributed by atoms with E-state index in [-0.39, 0.29) is 17.5 Å². The van der Waals surface area contributed by atoms with Crippen LogP contribution in [-0.2, 0) is 9.53 Å². The number of ether oxygens (including phenoxy) is 1. The zero-order valence-electron chi connectivity index (χ0n) is 11.0. The highest BCUT2D eigenvalue weighted by atomic mass is 16.6. The summed E-state index contributed by atoms with van der Waals surface area (Å²) in [6.45, 7) is 7.80. The van der Waals surface area contributed by atoms with E-state index in [1.807, 2.05) is 20.8 Å². The number of carbonyl (C=O) groups is 1. The average molecular weight is 232 g/mol. The number of esters is 1. The van der Waals surface area contributed by atoms with Crippen molar-refractivity contribution in [2.45, 2.75) is 45.6 Å². The van der Waals surface area contributed by atoms with Crippen LogP contribution in [0.3, 0.4) is 0 Å². The van der Waals surface area contributed by atoms with Gasteiger partial charge in [-0.15, -0.1) is 0 Å². The van der Waals surface area contributed by atoms with Gasteiger partial charge in [0.25, 0.3) is 0 Å². The topological polar surface area (TPSA) is 26.3 Å². The van der Waals surface area contributed by atoms with Gasteiger partial charge in [-0.25, -0.2) is 0 Å². The first-order chi connectivity index (χ1) is 7.87. The minimum Gasteiger partial charge on any atom is -0.460 e. The normalized spacial score (nSPS) is 23.3. The van der Waals surface area contributed by atoms with E-state index < -0.39 is 0 Å². The van der Waals surface area contributed by atoms with Crippen molar-refractivity contribution in [3.05, 3.63) is 35.4 Å². The predicted molar refractivity (Wildman–Crippen MR) is 67.9 cm³/mol. The summed E-state index contributed by atoms with van der Waals surface area (Å²) in [6, 6.07) is 8.42. The Morgan fingerprint density at radius 3 is 2.35 bits per heavy atom. The van der Waals surface area contributed by atoms with Crippen LogP contribution in [0.1, 0.15) is 44.2 Å². The molecule has 0 heterocycles. The van der Waals surface area contributed by atoms with Crippen molar-refractivity contribution in [3.63, 3.8) is 0 Å². The molecule has 1 aliphatic carbocycles. The Balaban J connectivity index is 1.96. The summed E-state index contributed by atoms with van der Waals surface area (Å²) in [7, 11) is 0. The van der Waals surface area contributed by atoms with Crippen molar-refractivity contribution >= 4 is 5.97 Å². The summed E-state index contributed by atoms with van der Waals surface area (Å²) in [5.74, 6) is 0.380. The Morgan fingerprint density at radius 1 is 1.24 bits per heavy atom. The summed E-state index contributed by atoms with van der Waals surface area (Å²) in [4.78, 5) is 11.8. The highest BCUT2D eigenvalue weighted by molar-refractivity contribution is 5.77. The number of hydrogen-bond acceptors (Lipinski definition) is 2. The molecule has 2 heteroatoms. The lowest BCUT2D eigenvalue weighted by atomic mass is 10.1. The predicted octanol–water partition coefficient (Wildman–Crippen LogP) is 3.44. The number of carbonyl (C=O) groups excluding carboxylic acids is 1. The van der Waals surface area contributed by atoms with Crippen molar-refractivity contribution in [2.75, 3.05) is 0 Å². The molecule has 0 amide bonds. The fourth-order valence-electron chi connectivity index (χ4n) is 2.02. The molecule has 0 radical (unpaired) electrons. The van der Waals surface area contributed by atoms with Crippen molar-refractivity contribution in [1.29, 1.82) is 0 Å². The van der Waals surface area contributed by atoms with Gasteiger partial charge < -0.3 is 4.74 Å². The molecule has 0 spiro atoms. The zero-order chi connectivity index (χ0) is 12.6. The molecule has 1 aromatic rings. The third kappa shape index (κ3) is 3.09. The lowest BCUT2D eigenvalue weighted by Crippen LogP contribution is -2.25. The first-order valence-electron chi connectivity index (χ1n) is 6.16. The summed E-state index contributed by atoms with van der Waals surface area (Å²) in [5, 5.41) is 0. The molecule has 2 nitrogen and oxygen atoms in total. The van der Waals surface area contributed by atoms with Crippen LogP contribution < -0.4 is 0 Å². The highest BCUT2D eigenvalue weighted by Crippen LogP contribution is 2.48. The smallest absolute Gasteiger partial charge is 0.310 e. The molecule has 0 unspecified atom stereocenters. The maximum Gasteiger partial charge on any atom is 0.310 e. The van der Waals surface area contributed by atoms with E-state index in [2.05, 4.69) is 31.2 Å². The van der Waals surface area contributed by atoms with E-state index in [9.17, 15) is 4.79 Å². The van der Waals surface area contributed by atoms with Crippen molar-refractivity contribution in [3.8, 4) is 0 Å². The van der Waals surface area contributed by atoms with Gasteiger partial charge in [0.05, 0.1) is 5.92 Å². The van der Waals surface area contributed by atoms with E-state index in [0.29, 0.717) is 5.92 Å². The Kier molecular flexibility index (Phi) is 2.98. The first kappa shape index (κ1) is 12.2. The lowest BCUT2D eigenvalue weighted by Gasteiger charge is -2.19. The number of aryl methyl sites for hydroxylation is 1. The minimum absolute atomic E-state index is 0.0527. The van der Waals surface area contributed by atoms with E-state index in [1.165, 1.54) is 11.1 Å². The van der Waals surface area contributed by atoms with Crippen LogP contribution in [0.4, 0.5) is 0 Å². The monoisotopic (exact) mass is 232 g/mol. The SMILES string of the molecule is Cc1ccc([C@@H]2C[C@H]2C(=O)OC(C)(C)C)cc1. The fourth-order valence-corrected chi connectivity index (χ4v) is 2.02. The summed E-state index contributed by atoms with van der Waals surface area (Å²) >= 11 is 0. The molecule has 1 aliphatic rings. The molecule has 0 N–H and O–H groups in total. The van der Waals surface area contributed by atoms with Crippen LogP contribution in [0, 0.1) is 12.8 Å². The van der Waals surface area contributed by atoms with Gasteiger partial charge in [-0.3, -0.25) is 4.79 Å². The Hall–Kier alpha value is -1.31. The Labute approximate surface area is 103 Å². The molecule has 92 valence electrons. The maximum absolute atomic E-state index is 11.8. The number of benzene rings is 1. The minimum atomic E-state index is -0.377. The molecule has 0 aromatic heterocycles. The van der Waals surface area contributed by atoms with Gasteiger partial charge in [-0.05, 0) is 45.6 Å². The van der Waals surface area contributed by atoms with Gasteiger partial charge in [0, 0.05) is 0 Å². The van der Waals surface area contributed by atoms with Crippen molar-refractivity contribution in [2.24, 2.45) is 5.92 Å². The molecule has 2 rings (SSSR count). The summed E-state index contributed by atoms with van der Waals surface area (Å²) < 4.78 is 5.40. The molecule has 1 aromatic carbocycles. The van der Waals surface area contributed by atoms with Gasteiger partial charge in [0.1, 0.15) is 5.60 Å². The van der Waals surface area contributed by atoms with Crippen LogP contribution >= 0.6 is 0 Å². The standard InChI is InChI=1S/C15H20O2/c1-10-5-7-11(8-6-10)12-9-13(12)14(16)17-15(2,3)4/h5-8,12-13H,9H2,1-4H3/t12-,13+/m0/s1. The van der Waals surface area contributed by atoms with Crippen LogP contribution in [0.25, 0.3) is 0 Å². The lowest BCUT2D eigenvalue weighted by molar-refractivity contribution is -0.156. The second kappa shape index (κ2) is 4.17. The summed E-state index contributed by atoms with van der Waals surface area (Å²) in [6.07, 6.45) is 0.929. The second-order valence-corrected chi connectivity index (χ2v) is 5.89.